The van der Waals surface area contributed by atoms with Crippen LogP contribution in [0.25, 0.3) is 0 Å². The quantitative estimate of drug-likeness (QED) is 0.926. The van der Waals surface area contributed by atoms with Gasteiger partial charge in [-0.15, -0.1) is 0 Å². The number of hydrogen-bond acceptors (Lipinski definition) is 3. The van der Waals surface area contributed by atoms with E-state index in [0.717, 1.165) is 0 Å². The lowest BCUT2D eigenvalue weighted by Gasteiger charge is -2.33. The van der Waals surface area contributed by atoms with E-state index in [4.69, 9.17) is 10.5 Å². The lowest BCUT2D eigenvalue weighted by Crippen LogP contribution is -2.33. The van der Waals surface area contributed by atoms with E-state index < -0.39 is 18.1 Å². The average molecular weight is 288 g/mol. The molecule has 1 aliphatic rings. The summed E-state index contributed by atoms with van der Waals surface area (Å²) in [6.45, 7) is 0. The predicted molar refractivity (Wildman–Crippen MR) is 69.2 cm³/mol. The van der Waals surface area contributed by atoms with E-state index in [2.05, 4.69) is 4.98 Å². The van der Waals surface area contributed by atoms with Gasteiger partial charge in [0.2, 0.25) is 0 Å². The molecular formula is C14H19F3N2O. The molecular weight excluding hydrogens is 269 g/mol. The zero-order valence-electron chi connectivity index (χ0n) is 11.4. The zero-order chi connectivity index (χ0) is 14.8. The summed E-state index contributed by atoms with van der Waals surface area (Å²) in [5.41, 5.74) is 6.69. The van der Waals surface area contributed by atoms with E-state index in [1.807, 2.05) is 0 Å². The van der Waals surface area contributed by atoms with Crippen molar-refractivity contribution in [3.05, 3.63) is 24.0 Å². The molecule has 2 rings (SSSR count). The second kappa shape index (κ2) is 5.99. The third-order valence-corrected chi connectivity index (χ3v) is 4.02. The molecule has 3 unspecified atom stereocenters. The van der Waals surface area contributed by atoms with Gasteiger partial charge in [0.15, 0.2) is 0 Å². The Bertz CT molecular complexity index is 450. The highest BCUT2D eigenvalue weighted by atomic mass is 19.4. The van der Waals surface area contributed by atoms with Crippen molar-refractivity contribution in [3.63, 3.8) is 0 Å². The third kappa shape index (κ3) is 3.23. The number of ether oxygens (including phenoxy) is 1. The molecule has 6 heteroatoms. The van der Waals surface area contributed by atoms with Crippen molar-refractivity contribution in [1.29, 1.82) is 0 Å². The fraction of sp³-hybridized carbons (Fsp3) is 0.643. The first-order valence-corrected chi connectivity index (χ1v) is 6.74. The molecule has 0 bridgehead atoms. The van der Waals surface area contributed by atoms with Crippen molar-refractivity contribution in [2.24, 2.45) is 17.6 Å². The minimum absolute atomic E-state index is 0.0738. The summed E-state index contributed by atoms with van der Waals surface area (Å²) in [5, 5.41) is 0. The molecule has 1 saturated carbocycles. The Hall–Kier alpha value is -1.30. The van der Waals surface area contributed by atoms with Crippen molar-refractivity contribution >= 4 is 0 Å². The minimum Gasteiger partial charge on any atom is -0.495 e. The number of halogens is 3. The topological polar surface area (TPSA) is 48.1 Å². The van der Waals surface area contributed by atoms with E-state index >= 15 is 0 Å². The maximum Gasteiger partial charge on any atom is 0.391 e. The zero-order valence-corrected chi connectivity index (χ0v) is 11.4. The van der Waals surface area contributed by atoms with Gasteiger partial charge in [0.25, 0.3) is 0 Å². The number of nitrogens with zero attached hydrogens (tertiary/aromatic N) is 1. The monoisotopic (exact) mass is 288 g/mol. The largest absolute Gasteiger partial charge is 0.495 e. The van der Waals surface area contributed by atoms with Crippen LogP contribution in [0.5, 0.6) is 5.75 Å². The maximum atomic E-state index is 12.8. The van der Waals surface area contributed by atoms with E-state index in [9.17, 15) is 13.2 Å². The summed E-state index contributed by atoms with van der Waals surface area (Å²) in [6.07, 6.45) is -1.02. The Labute approximate surface area is 116 Å². The van der Waals surface area contributed by atoms with Crippen molar-refractivity contribution in [2.45, 2.75) is 37.9 Å². The summed E-state index contributed by atoms with van der Waals surface area (Å²) in [7, 11) is 1.51. The van der Waals surface area contributed by atoms with Gasteiger partial charge in [-0.05, 0) is 37.3 Å². The standard InChI is InChI=1S/C14H19F3N2O/c1-20-11-6-3-7-19-13(11)12(18)9-4-2-5-10(8-9)14(15,16)17/h3,6-7,9-10,12H,2,4-5,8,18H2,1H3. The Morgan fingerprint density at radius 1 is 1.40 bits per heavy atom. The number of alkyl halides is 3. The number of aromatic nitrogens is 1. The van der Waals surface area contributed by atoms with Crippen molar-refractivity contribution in [2.75, 3.05) is 7.11 Å². The molecule has 3 atom stereocenters. The molecule has 20 heavy (non-hydrogen) atoms. The van der Waals surface area contributed by atoms with Crippen LogP contribution < -0.4 is 10.5 Å². The lowest BCUT2D eigenvalue weighted by atomic mass is 9.77. The predicted octanol–water partition coefficient (Wildman–Crippen LogP) is 3.46. The molecule has 0 aliphatic heterocycles. The lowest BCUT2D eigenvalue weighted by molar-refractivity contribution is -0.186. The van der Waals surface area contributed by atoms with Gasteiger partial charge in [0.05, 0.1) is 24.8 Å². The van der Waals surface area contributed by atoms with Crippen molar-refractivity contribution < 1.29 is 17.9 Å². The number of methoxy groups -OCH3 is 1. The van der Waals surface area contributed by atoms with E-state index in [-0.39, 0.29) is 18.8 Å². The molecule has 0 saturated heterocycles. The Balaban J connectivity index is 2.14. The molecule has 0 radical (unpaired) electrons. The second-order valence-electron chi connectivity index (χ2n) is 5.28. The second-order valence-corrected chi connectivity index (χ2v) is 5.28. The van der Waals surface area contributed by atoms with E-state index in [0.29, 0.717) is 24.3 Å². The summed E-state index contributed by atoms with van der Waals surface area (Å²) < 4.78 is 43.7. The van der Waals surface area contributed by atoms with Crippen molar-refractivity contribution in [3.8, 4) is 5.75 Å². The molecule has 1 heterocycles. The van der Waals surface area contributed by atoms with Gasteiger partial charge in [-0.3, -0.25) is 4.98 Å². The highest BCUT2D eigenvalue weighted by Crippen LogP contribution is 2.43. The summed E-state index contributed by atoms with van der Waals surface area (Å²) in [6, 6.07) is 2.93. The fourth-order valence-corrected chi connectivity index (χ4v) is 2.90. The minimum atomic E-state index is -4.13. The van der Waals surface area contributed by atoms with Gasteiger partial charge >= 0.3 is 6.18 Å². The molecule has 112 valence electrons. The molecule has 1 aromatic heterocycles. The molecule has 1 fully saturated rings. The van der Waals surface area contributed by atoms with Crippen LogP contribution in [0.1, 0.15) is 37.4 Å². The number of pyridine rings is 1. The van der Waals surface area contributed by atoms with Crippen LogP contribution in [-0.2, 0) is 0 Å². The molecule has 0 spiro atoms. The van der Waals surface area contributed by atoms with Crippen LogP contribution in [-0.4, -0.2) is 18.3 Å². The normalized spacial score (nSPS) is 25.2. The molecule has 0 amide bonds. The van der Waals surface area contributed by atoms with Crippen LogP contribution in [0.2, 0.25) is 0 Å². The summed E-state index contributed by atoms with van der Waals surface area (Å²) in [5.74, 6) is -0.921. The Kier molecular flexibility index (Phi) is 4.52. The molecule has 0 aromatic carbocycles. The van der Waals surface area contributed by atoms with Crippen LogP contribution >= 0.6 is 0 Å². The van der Waals surface area contributed by atoms with Gasteiger partial charge in [0, 0.05) is 6.20 Å². The van der Waals surface area contributed by atoms with E-state index in [1.54, 1.807) is 18.3 Å². The van der Waals surface area contributed by atoms with Crippen molar-refractivity contribution in [1.82, 2.24) is 4.98 Å². The van der Waals surface area contributed by atoms with Crippen LogP contribution in [0, 0.1) is 11.8 Å². The fourth-order valence-electron chi connectivity index (χ4n) is 2.90. The maximum absolute atomic E-state index is 12.8. The smallest absolute Gasteiger partial charge is 0.391 e. The summed E-state index contributed by atoms with van der Waals surface area (Å²) >= 11 is 0. The number of nitrogens with two attached hydrogens (primary N) is 1. The summed E-state index contributed by atoms with van der Waals surface area (Å²) in [4.78, 5) is 4.18. The Morgan fingerprint density at radius 3 is 2.80 bits per heavy atom. The highest BCUT2D eigenvalue weighted by Gasteiger charge is 2.43. The number of rotatable bonds is 3. The van der Waals surface area contributed by atoms with Crippen LogP contribution in [0.3, 0.4) is 0 Å². The SMILES string of the molecule is COc1cccnc1C(N)C1CCCC(C(F)(F)F)C1. The third-order valence-electron chi connectivity index (χ3n) is 4.02. The van der Waals surface area contributed by atoms with Gasteiger partial charge in [-0.2, -0.15) is 13.2 Å². The van der Waals surface area contributed by atoms with Crippen LogP contribution in [0.15, 0.2) is 18.3 Å². The van der Waals surface area contributed by atoms with Gasteiger partial charge in [0.1, 0.15) is 5.75 Å². The van der Waals surface area contributed by atoms with Crippen LogP contribution in [0.4, 0.5) is 13.2 Å². The first-order chi connectivity index (χ1) is 9.43. The molecule has 1 aromatic rings. The van der Waals surface area contributed by atoms with Gasteiger partial charge < -0.3 is 10.5 Å². The van der Waals surface area contributed by atoms with Gasteiger partial charge in [-0.1, -0.05) is 6.42 Å². The van der Waals surface area contributed by atoms with Gasteiger partial charge in [-0.25, -0.2) is 0 Å². The first-order valence-electron chi connectivity index (χ1n) is 6.74. The van der Waals surface area contributed by atoms with E-state index in [1.165, 1.54) is 7.11 Å². The Morgan fingerprint density at radius 2 is 2.15 bits per heavy atom. The molecule has 2 N–H and O–H groups in total. The average Bonchev–Trinajstić information content (AvgIpc) is 2.45. The first kappa shape index (κ1) is 15.1. The highest BCUT2D eigenvalue weighted by molar-refractivity contribution is 5.29. The molecule has 1 aliphatic carbocycles. The molecule has 3 nitrogen and oxygen atoms in total. The number of hydrogen-bond donors (Lipinski definition) is 1.